The fraction of sp³-hybridized carbons (Fsp3) is 0.364. The van der Waals surface area contributed by atoms with Crippen LogP contribution < -0.4 is 10.4 Å². The highest BCUT2D eigenvalue weighted by molar-refractivity contribution is 5.60. The SMILES string of the molecule is Cc1ccc(C(O)(c2ccc3c(c2)CNN3C2C=CCCC2)C(F)(F)F)cc1F. The molecule has 1 aliphatic heterocycles. The molecule has 0 fully saturated rings. The van der Waals surface area contributed by atoms with E-state index >= 15 is 0 Å². The lowest BCUT2D eigenvalue weighted by molar-refractivity contribution is -0.248. The number of aliphatic hydroxyl groups is 1. The van der Waals surface area contributed by atoms with Crippen molar-refractivity contribution in [3.05, 3.63) is 76.6 Å². The minimum Gasteiger partial charge on any atom is -0.372 e. The molecule has 0 spiro atoms. The van der Waals surface area contributed by atoms with Gasteiger partial charge >= 0.3 is 6.18 Å². The van der Waals surface area contributed by atoms with Gasteiger partial charge in [-0.2, -0.15) is 13.2 Å². The molecule has 0 radical (unpaired) electrons. The molecular weight excluding hydrogens is 384 g/mol. The maximum atomic E-state index is 14.0. The van der Waals surface area contributed by atoms with Gasteiger partial charge in [-0.1, -0.05) is 30.4 Å². The van der Waals surface area contributed by atoms with E-state index in [9.17, 15) is 22.7 Å². The molecule has 1 heterocycles. The molecule has 0 amide bonds. The van der Waals surface area contributed by atoms with E-state index in [1.165, 1.54) is 25.1 Å². The highest BCUT2D eigenvalue weighted by Gasteiger charge is 2.56. The van der Waals surface area contributed by atoms with Crippen molar-refractivity contribution in [2.45, 2.75) is 50.6 Å². The first-order chi connectivity index (χ1) is 13.7. The Morgan fingerprint density at radius 1 is 1.10 bits per heavy atom. The van der Waals surface area contributed by atoms with E-state index in [2.05, 4.69) is 17.6 Å². The van der Waals surface area contributed by atoms with E-state index in [0.29, 0.717) is 12.1 Å². The smallest absolute Gasteiger partial charge is 0.372 e. The van der Waals surface area contributed by atoms with Crippen molar-refractivity contribution >= 4 is 5.69 Å². The Balaban J connectivity index is 1.76. The molecule has 1 aliphatic carbocycles. The maximum Gasteiger partial charge on any atom is 0.425 e. The van der Waals surface area contributed by atoms with E-state index in [4.69, 9.17) is 0 Å². The quantitative estimate of drug-likeness (QED) is 0.564. The standard InChI is InChI=1S/C22H22F4N2O/c1-14-7-8-17(12-19(14)23)21(29,22(24,25)26)16-9-10-20-15(11-16)13-27-28(20)18-5-3-2-4-6-18/h3,5,7-12,18,27,29H,2,4,6,13H2,1H3. The lowest BCUT2D eigenvalue weighted by Crippen LogP contribution is -2.43. The fourth-order valence-corrected chi connectivity index (χ4v) is 4.06. The number of anilines is 1. The minimum absolute atomic E-state index is 0.142. The van der Waals surface area contributed by atoms with E-state index in [1.807, 2.05) is 5.01 Å². The van der Waals surface area contributed by atoms with Gasteiger partial charge in [0.25, 0.3) is 0 Å². The van der Waals surface area contributed by atoms with Crippen molar-refractivity contribution in [2.75, 3.05) is 5.01 Å². The Morgan fingerprint density at radius 3 is 2.48 bits per heavy atom. The van der Waals surface area contributed by atoms with Crippen molar-refractivity contribution in [3.63, 3.8) is 0 Å². The number of nitrogens with zero attached hydrogens (tertiary/aromatic N) is 1. The summed E-state index contributed by atoms with van der Waals surface area (Å²) in [6.07, 6.45) is 2.24. The van der Waals surface area contributed by atoms with Crippen LogP contribution in [0.5, 0.6) is 0 Å². The van der Waals surface area contributed by atoms with Crippen LogP contribution in [0, 0.1) is 12.7 Å². The van der Waals surface area contributed by atoms with E-state index in [1.54, 1.807) is 6.07 Å². The summed E-state index contributed by atoms with van der Waals surface area (Å²) in [5.41, 5.74) is 0.743. The Kier molecular flexibility index (Phi) is 4.91. The summed E-state index contributed by atoms with van der Waals surface area (Å²) < 4.78 is 56.0. The van der Waals surface area contributed by atoms with Gasteiger partial charge < -0.3 is 10.1 Å². The molecule has 3 nitrogen and oxygen atoms in total. The lowest BCUT2D eigenvalue weighted by atomic mass is 9.84. The van der Waals surface area contributed by atoms with Gasteiger partial charge in [0.05, 0.1) is 11.7 Å². The first-order valence-electron chi connectivity index (χ1n) is 9.60. The van der Waals surface area contributed by atoms with Gasteiger partial charge in [0, 0.05) is 12.1 Å². The number of nitrogens with one attached hydrogen (secondary N) is 1. The monoisotopic (exact) mass is 406 g/mol. The zero-order valence-electron chi connectivity index (χ0n) is 15.9. The maximum absolute atomic E-state index is 14.0. The lowest BCUT2D eigenvalue weighted by Gasteiger charge is -2.33. The number of allylic oxidation sites excluding steroid dienone is 1. The predicted molar refractivity (Wildman–Crippen MR) is 103 cm³/mol. The summed E-state index contributed by atoms with van der Waals surface area (Å²) in [4.78, 5) is 0. The van der Waals surface area contributed by atoms with Crippen molar-refractivity contribution in [1.82, 2.24) is 5.43 Å². The van der Waals surface area contributed by atoms with Crippen LogP contribution in [0.3, 0.4) is 0 Å². The Hall–Kier alpha value is -2.38. The van der Waals surface area contributed by atoms with Gasteiger partial charge in [-0.25, -0.2) is 9.82 Å². The second kappa shape index (κ2) is 7.15. The van der Waals surface area contributed by atoms with Gasteiger partial charge in [-0.15, -0.1) is 0 Å². The molecule has 0 bridgehead atoms. The molecule has 29 heavy (non-hydrogen) atoms. The number of benzene rings is 2. The third kappa shape index (κ3) is 3.32. The van der Waals surface area contributed by atoms with Crippen LogP contribution >= 0.6 is 0 Å². The summed E-state index contributed by atoms with van der Waals surface area (Å²) in [6.45, 7) is 1.82. The topological polar surface area (TPSA) is 35.5 Å². The molecule has 2 aliphatic rings. The zero-order valence-corrected chi connectivity index (χ0v) is 15.9. The fourth-order valence-electron chi connectivity index (χ4n) is 4.06. The van der Waals surface area contributed by atoms with Crippen molar-refractivity contribution < 1.29 is 22.7 Å². The number of alkyl halides is 3. The highest BCUT2D eigenvalue weighted by Crippen LogP contribution is 2.46. The van der Waals surface area contributed by atoms with Crippen LogP contribution in [0.2, 0.25) is 0 Å². The molecule has 2 N–H and O–H groups in total. The molecule has 154 valence electrons. The molecule has 0 saturated carbocycles. The van der Waals surface area contributed by atoms with Crippen LogP contribution in [-0.2, 0) is 12.1 Å². The second-order valence-electron chi connectivity index (χ2n) is 7.65. The molecule has 7 heteroatoms. The molecule has 2 atom stereocenters. The first kappa shape index (κ1) is 19.9. The molecule has 0 saturated heterocycles. The minimum atomic E-state index is -5.01. The van der Waals surface area contributed by atoms with Crippen molar-refractivity contribution in [2.24, 2.45) is 0 Å². The van der Waals surface area contributed by atoms with E-state index in [0.717, 1.165) is 37.1 Å². The van der Waals surface area contributed by atoms with Gasteiger partial charge in [0.2, 0.25) is 5.60 Å². The Labute approximate surface area is 166 Å². The van der Waals surface area contributed by atoms with Crippen LogP contribution in [0.25, 0.3) is 0 Å². The average molecular weight is 406 g/mol. The normalized spacial score (nSPS) is 21.2. The number of hydrogen-bond donors (Lipinski definition) is 2. The van der Waals surface area contributed by atoms with E-state index in [-0.39, 0.29) is 17.2 Å². The number of hydrazine groups is 1. The summed E-state index contributed by atoms with van der Waals surface area (Å²) in [7, 11) is 0. The average Bonchev–Trinajstić information content (AvgIpc) is 3.12. The van der Waals surface area contributed by atoms with Crippen LogP contribution in [0.1, 0.15) is 41.5 Å². The van der Waals surface area contributed by atoms with Crippen LogP contribution in [0.15, 0.2) is 48.6 Å². The largest absolute Gasteiger partial charge is 0.425 e. The van der Waals surface area contributed by atoms with Crippen LogP contribution in [-0.4, -0.2) is 17.3 Å². The Morgan fingerprint density at radius 2 is 1.83 bits per heavy atom. The zero-order chi connectivity index (χ0) is 20.8. The summed E-state index contributed by atoms with van der Waals surface area (Å²) >= 11 is 0. The number of hydrogen-bond acceptors (Lipinski definition) is 3. The van der Waals surface area contributed by atoms with Gasteiger partial charge in [0.15, 0.2) is 0 Å². The van der Waals surface area contributed by atoms with Gasteiger partial charge in [-0.3, -0.25) is 0 Å². The second-order valence-corrected chi connectivity index (χ2v) is 7.65. The molecule has 2 unspecified atom stereocenters. The molecule has 4 rings (SSSR count). The summed E-state index contributed by atoms with van der Waals surface area (Å²) in [5, 5.41) is 12.8. The first-order valence-corrected chi connectivity index (χ1v) is 9.60. The van der Waals surface area contributed by atoms with Crippen molar-refractivity contribution in [1.29, 1.82) is 0 Å². The van der Waals surface area contributed by atoms with Gasteiger partial charge in [-0.05, 0) is 61.1 Å². The van der Waals surface area contributed by atoms with E-state index < -0.39 is 23.2 Å². The summed E-state index contributed by atoms with van der Waals surface area (Å²) in [5.74, 6) is -0.789. The van der Waals surface area contributed by atoms with Crippen molar-refractivity contribution in [3.8, 4) is 0 Å². The van der Waals surface area contributed by atoms with Gasteiger partial charge in [0.1, 0.15) is 5.82 Å². The van der Waals surface area contributed by atoms with Crippen LogP contribution in [0.4, 0.5) is 23.2 Å². The number of halogens is 4. The molecular formula is C22H22F4N2O. The number of rotatable bonds is 3. The summed E-state index contributed by atoms with van der Waals surface area (Å²) in [6, 6.07) is 7.49. The molecule has 0 aromatic heterocycles. The molecule has 2 aromatic carbocycles. The number of aryl methyl sites for hydroxylation is 1. The highest BCUT2D eigenvalue weighted by atomic mass is 19.4. The molecule has 2 aromatic rings. The third-order valence-electron chi connectivity index (χ3n) is 5.76. The predicted octanol–water partition coefficient (Wildman–Crippen LogP) is 4.87. The number of fused-ring (bicyclic) bond motifs is 1. The third-order valence-corrected chi connectivity index (χ3v) is 5.76. The Bertz CT molecular complexity index is 956.